The molecule has 66 heavy (non-hydrogen) atoms. The molecule has 0 unspecified atom stereocenters. The van der Waals surface area contributed by atoms with Crippen LogP contribution in [0, 0.1) is 7.40 Å². The van der Waals surface area contributed by atoms with Crippen LogP contribution in [-0.4, -0.2) is 43.1 Å². The second-order valence-corrected chi connectivity index (χ2v) is 22.2. The zero-order valence-electron chi connectivity index (χ0n) is 39.8. The van der Waals surface area contributed by atoms with Crippen LogP contribution in [0.1, 0.15) is 114 Å². The predicted octanol–water partition coefficient (Wildman–Crippen LogP) is 12.7. The molecule has 0 atom stereocenters. The first-order valence-electron chi connectivity index (χ1n) is 22.6. The van der Waals surface area contributed by atoms with Gasteiger partial charge in [0, 0.05) is 31.0 Å². The van der Waals surface area contributed by atoms with Crippen molar-refractivity contribution in [3.05, 3.63) is 172 Å². The first-order valence-corrected chi connectivity index (χ1v) is 24.7. The zero-order chi connectivity index (χ0) is 47.4. The fourth-order valence-electron chi connectivity index (χ4n) is 8.42. The van der Waals surface area contributed by atoms with Crippen molar-refractivity contribution in [1.82, 2.24) is 30.0 Å². The minimum absolute atomic E-state index is 0.0307. The van der Waals surface area contributed by atoms with Gasteiger partial charge in [-0.3, -0.25) is 0 Å². The molecule has 0 saturated heterocycles. The molecule has 0 amide bonds. The van der Waals surface area contributed by atoms with E-state index in [1.165, 1.54) is 38.9 Å². The summed E-state index contributed by atoms with van der Waals surface area (Å²) in [5, 5.41) is 21.6. The maximum atomic E-state index is 8.61. The largest absolute Gasteiger partial charge is 0.494 e. The molecule has 11 nitrogen and oxygen atoms in total. The van der Waals surface area contributed by atoms with Crippen molar-refractivity contribution < 1.29 is 9.30 Å². The summed E-state index contributed by atoms with van der Waals surface area (Å²) in [6.45, 7) is 22.6. The number of aromatic nitrogens is 7. The fourth-order valence-corrected chi connectivity index (χ4v) is 9.94. The number of pyridine rings is 1. The highest BCUT2D eigenvalue weighted by atomic mass is 127. The Kier molecular flexibility index (Phi) is 14.8. The summed E-state index contributed by atoms with van der Waals surface area (Å²) < 4.78 is 14.1. The number of rotatable bonds is 15. The molecule has 3 heterocycles. The minimum Gasteiger partial charge on any atom is -0.494 e. The van der Waals surface area contributed by atoms with Crippen LogP contribution in [0.5, 0.6) is 5.75 Å². The lowest BCUT2D eigenvalue weighted by Gasteiger charge is -2.38. The fraction of sp³-hybridized carbons (Fsp3) is 0.377. The first-order chi connectivity index (χ1) is 31.3. The van der Waals surface area contributed by atoms with Crippen molar-refractivity contribution >= 4 is 45.2 Å². The van der Waals surface area contributed by atoms with E-state index in [1.54, 1.807) is 0 Å². The molecule has 0 N–H and O–H groups in total. The van der Waals surface area contributed by atoms with Crippen LogP contribution >= 0.6 is 45.2 Å². The van der Waals surface area contributed by atoms with E-state index in [-0.39, 0.29) is 16.2 Å². The summed E-state index contributed by atoms with van der Waals surface area (Å²) in [5.41, 5.74) is 20.3. The molecular formula is C53H61I2N10O+. The summed E-state index contributed by atoms with van der Waals surface area (Å²) in [6, 6.07) is 38.6. The summed E-state index contributed by atoms with van der Waals surface area (Å²) in [6.07, 6.45) is 5.51. The van der Waals surface area contributed by atoms with E-state index in [0.29, 0.717) is 32.7 Å². The van der Waals surface area contributed by atoms with Crippen molar-refractivity contribution in [2.24, 2.45) is 12.2 Å². The summed E-state index contributed by atoms with van der Waals surface area (Å²) >= 11 is 4.61. The third-order valence-corrected chi connectivity index (χ3v) is 14.3. The molecule has 0 fully saturated rings. The van der Waals surface area contributed by atoms with Crippen molar-refractivity contribution in [2.45, 2.75) is 110 Å². The summed E-state index contributed by atoms with van der Waals surface area (Å²) in [4.78, 5) is 2.84. The van der Waals surface area contributed by atoms with E-state index in [9.17, 15) is 0 Å². The van der Waals surface area contributed by atoms with Crippen LogP contribution in [0.15, 0.2) is 121 Å². The minimum atomic E-state index is -0.592. The highest BCUT2D eigenvalue weighted by Crippen LogP contribution is 2.47. The van der Waals surface area contributed by atoms with Crippen molar-refractivity contribution in [3.63, 3.8) is 0 Å². The second kappa shape index (κ2) is 20.0. The van der Waals surface area contributed by atoms with Gasteiger partial charge >= 0.3 is 0 Å². The van der Waals surface area contributed by atoms with E-state index in [1.807, 2.05) is 33.4 Å². The van der Waals surface area contributed by atoms with Crippen molar-refractivity contribution in [2.75, 3.05) is 13.2 Å². The molecule has 0 radical (unpaired) electrons. The molecule has 0 spiro atoms. The number of halogens is 2. The van der Waals surface area contributed by atoms with Crippen LogP contribution in [0.2, 0.25) is 0 Å². The van der Waals surface area contributed by atoms with Crippen molar-refractivity contribution in [3.8, 4) is 28.3 Å². The van der Waals surface area contributed by atoms with Gasteiger partial charge in [0.15, 0.2) is 12.4 Å². The number of ether oxygens (including phenoxy) is 1. The number of aryl methyl sites for hydroxylation is 3. The normalized spacial score (nSPS) is 12.3. The molecule has 4 aromatic carbocycles. The molecule has 0 aliphatic carbocycles. The quantitative estimate of drug-likeness (QED) is 0.0192. The van der Waals surface area contributed by atoms with Gasteiger partial charge in [-0.2, -0.15) is 0 Å². The van der Waals surface area contributed by atoms with Crippen LogP contribution < -0.4 is 9.30 Å². The smallest absolute Gasteiger partial charge is 0.178 e. The van der Waals surface area contributed by atoms with Gasteiger partial charge < -0.3 is 4.74 Å². The lowest BCUT2D eigenvalue weighted by atomic mass is 9.64. The molecule has 7 aromatic rings. The van der Waals surface area contributed by atoms with Gasteiger partial charge in [0.05, 0.1) is 23.1 Å². The Balaban J connectivity index is 1.13. The van der Waals surface area contributed by atoms with E-state index < -0.39 is 5.41 Å². The Labute approximate surface area is 417 Å². The Bertz CT molecular complexity index is 2660. The van der Waals surface area contributed by atoms with Gasteiger partial charge in [0.2, 0.25) is 0 Å². The lowest BCUT2D eigenvalue weighted by molar-refractivity contribution is -0.670. The van der Waals surface area contributed by atoms with E-state index in [4.69, 9.17) is 10.3 Å². The molecule has 0 aliphatic rings. The van der Waals surface area contributed by atoms with Crippen LogP contribution in [0.4, 0.5) is 0 Å². The Morgan fingerprint density at radius 1 is 0.576 bits per heavy atom. The highest BCUT2D eigenvalue weighted by molar-refractivity contribution is 14.1. The first kappa shape index (κ1) is 48.8. The number of hydrogen-bond donors (Lipinski definition) is 0. The van der Waals surface area contributed by atoms with E-state index in [0.717, 1.165) is 42.1 Å². The Morgan fingerprint density at radius 2 is 0.939 bits per heavy atom. The van der Waals surface area contributed by atoms with Crippen LogP contribution in [-0.2, 0) is 41.8 Å². The van der Waals surface area contributed by atoms with Gasteiger partial charge in [-0.05, 0) is 131 Å². The number of azide groups is 1. The average Bonchev–Trinajstić information content (AvgIpc) is 3.84. The Morgan fingerprint density at radius 3 is 1.32 bits per heavy atom. The molecule has 3 aromatic heterocycles. The monoisotopic (exact) mass is 1110 g/mol. The third-order valence-electron chi connectivity index (χ3n) is 12.2. The topological polar surface area (TPSA) is 123 Å². The summed E-state index contributed by atoms with van der Waals surface area (Å²) in [7, 11) is 1.99. The van der Waals surface area contributed by atoms with Gasteiger partial charge in [0.1, 0.15) is 31.6 Å². The van der Waals surface area contributed by atoms with E-state index in [2.05, 4.69) is 241 Å². The average molecular weight is 1110 g/mol. The molecular weight excluding hydrogens is 1050 g/mol. The highest BCUT2D eigenvalue weighted by Gasteiger charge is 2.39. The van der Waals surface area contributed by atoms with Crippen molar-refractivity contribution in [1.29, 1.82) is 0 Å². The van der Waals surface area contributed by atoms with Gasteiger partial charge in [-0.1, -0.05) is 163 Å². The number of benzene rings is 4. The number of hydrogen-bond acceptors (Lipinski definition) is 6. The molecule has 0 bridgehead atoms. The maximum Gasteiger partial charge on any atom is 0.178 e. The second-order valence-electron chi connectivity index (χ2n) is 20.1. The molecule has 0 saturated carbocycles. The molecule has 13 heteroatoms. The third kappa shape index (κ3) is 10.7. The molecule has 0 aliphatic heterocycles. The van der Waals surface area contributed by atoms with Gasteiger partial charge in [-0.25, -0.2) is 13.9 Å². The van der Waals surface area contributed by atoms with Gasteiger partial charge in [-0.15, -0.1) is 10.2 Å². The molecule has 342 valence electrons. The lowest BCUT2D eigenvalue weighted by Crippen LogP contribution is -2.31. The van der Waals surface area contributed by atoms with Gasteiger partial charge in [0.25, 0.3) is 0 Å². The van der Waals surface area contributed by atoms with Crippen LogP contribution in [0.3, 0.4) is 0 Å². The van der Waals surface area contributed by atoms with Crippen LogP contribution in [0.25, 0.3) is 33.0 Å². The number of nitrogens with zero attached hydrogens (tertiary/aromatic N) is 10. The summed E-state index contributed by atoms with van der Waals surface area (Å²) in [5.74, 6) is 0.822. The standard InChI is InChI=1S/C53H61I2N10O/c1-50(2,3)38-13-19-41(20-14-38)53(42-21-15-39(16-22-42)51(4,5)6,43-23-17-40(18-24-43)52(7,8)9)44-25-27-45(28-26-44)66-32-12-31-65-49(55)47(59-62-65)37-33-36(34-63(10)35-37)46-48(54)64(61-58-46)30-11-29-57-60-56/h13-28,33-35H,11-12,29-32H2,1-10H3/q+1. The Hall–Kier alpha value is -5.12. The maximum absolute atomic E-state index is 8.61. The van der Waals surface area contributed by atoms with E-state index >= 15 is 0 Å². The SMILES string of the molecule is C[n+]1cc(-c2nnn(CCCN=[N+]=[N-])c2I)cc(-c2nnn(CCCOc3ccc(C(c4ccc(C(C)(C)C)cc4)(c4ccc(C(C)(C)C)cc4)c4ccc(C(C)(C)C)cc4)cc3)c2I)c1. The predicted molar refractivity (Wildman–Crippen MR) is 281 cm³/mol. The zero-order valence-corrected chi connectivity index (χ0v) is 44.2. The molecule has 7 rings (SSSR count).